The highest BCUT2D eigenvalue weighted by atomic mass is 35.5. The smallest absolute Gasteiger partial charge is 0.260 e. The number of para-hydroxylation sites is 1. The molecule has 2 aromatic carbocycles. The van der Waals surface area contributed by atoms with Crippen LogP contribution in [0.15, 0.2) is 60.9 Å². The average Bonchev–Trinajstić information content (AvgIpc) is 3.28. The molecule has 1 aliphatic heterocycles. The zero-order valence-electron chi connectivity index (χ0n) is 17.1. The summed E-state index contributed by atoms with van der Waals surface area (Å²) in [5.74, 6) is 1.65. The van der Waals surface area contributed by atoms with Gasteiger partial charge in [-0.05, 0) is 36.4 Å². The van der Waals surface area contributed by atoms with Crippen LogP contribution >= 0.6 is 12.4 Å². The van der Waals surface area contributed by atoms with E-state index in [1.165, 1.54) is 6.07 Å². The first-order valence-electron chi connectivity index (χ1n) is 9.73. The van der Waals surface area contributed by atoms with Gasteiger partial charge in [-0.25, -0.2) is 9.37 Å². The van der Waals surface area contributed by atoms with Crippen LogP contribution in [0.25, 0.3) is 5.69 Å². The molecule has 1 saturated heterocycles. The normalized spacial score (nSPS) is 13.5. The van der Waals surface area contributed by atoms with Crippen LogP contribution in [0.5, 0.6) is 11.5 Å². The Hall–Kier alpha value is -3.26. The summed E-state index contributed by atoms with van der Waals surface area (Å²) in [6, 6.07) is 13.7. The lowest BCUT2D eigenvalue weighted by molar-refractivity contribution is -0.133. The van der Waals surface area contributed by atoms with E-state index in [-0.39, 0.29) is 30.7 Å². The third kappa shape index (κ3) is 5.08. The molecule has 1 fully saturated rings. The second kappa shape index (κ2) is 10.2. The van der Waals surface area contributed by atoms with Crippen LogP contribution in [-0.2, 0) is 4.79 Å². The van der Waals surface area contributed by atoms with Gasteiger partial charge in [0.05, 0.1) is 12.8 Å². The molecule has 0 spiro atoms. The second-order valence-corrected chi connectivity index (χ2v) is 6.88. The number of rotatable bonds is 6. The van der Waals surface area contributed by atoms with Crippen molar-refractivity contribution in [1.82, 2.24) is 14.5 Å². The lowest BCUT2D eigenvalue weighted by atomic mass is 10.3. The number of halogens is 2. The molecule has 9 heteroatoms. The monoisotopic (exact) mass is 446 g/mol. The Balaban J connectivity index is 0.00000272. The van der Waals surface area contributed by atoms with Crippen molar-refractivity contribution < 1.29 is 18.7 Å². The van der Waals surface area contributed by atoms with Gasteiger partial charge in [0.25, 0.3) is 5.91 Å². The highest BCUT2D eigenvalue weighted by Crippen LogP contribution is 2.22. The minimum Gasteiger partial charge on any atom is -0.497 e. The van der Waals surface area contributed by atoms with E-state index in [4.69, 9.17) is 9.47 Å². The molecular formula is C22H24ClFN4O3. The number of methoxy groups -OCH3 is 1. The Labute approximate surface area is 186 Å². The number of carbonyl (C=O) groups is 1. The molecule has 0 atom stereocenters. The van der Waals surface area contributed by atoms with Crippen molar-refractivity contribution in [3.05, 3.63) is 66.7 Å². The average molecular weight is 447 g/mol. The lowest BCUT2D eigenvalue weighted by Gasteiger charge is -2.35. The number of amides is 1. The zero-order chi connectivity index (χ0) is 20.9. The van der Waals surface area contributed by atoms with Gasteiger partial charge in [0.15, 0.2) is 6.61 Å². The minimum absolute atomic E-state index is 0. The van der Waals surface area contributed by atoms with Crippen LogP contribution < -0.4 is 14.4 Å². The van der Waals surface area contributed by atoms with Crippen LogP contribution in [0.2, 0.25) is 0 Å². The molecule has 0 N–H and O–H groups in total. The number of ether oxygens (including phenoxy) is 2. The summed E-state index contributed by atoms with van der Waals surface area (Å²) < 4.78 is 26.6. The van der Waals surface area contributed by atoms with Crippen molar-refractivity contribution in [2.75, 3.05) is 44.8 Å². The summed E-state index contributed by atoms with van der Waals surface area (Å²) >= 11 is 0. The van der Waals surface area contributed by atoms with Crippen molar-refractivity contribution in [2.24, 2.45) is 0 Å². The van der Waals surface area contributed by atoms with Crippen molar-refractivity contribution in [2.45, 2.75) is 0 Å². The first-order chi connectivity index (χ1) is 14.7. The number of hydrogen-bond donors (Lipinski definition) is 0. The largest absolute Gasteiger partial charge is 0.497 e. The Morgan fingerprint density at radius 2 is 1.71 bits per heavy atom. The van der Waals surface area contributed by atoms with Gasteiger partial charge in [0, 0.05) is 38.6 Å². The fourth-order valence-corrected chi connectivity index (χ4v) is 3.43. The number of benzene rings is 2. The van der Waals surface area contributed by atoms with Crippen molar-refractivity contribution in [3.63, 3.8) is 0 Å². The van der Waals surface area contributed by atoms with Gasteiger partial charge < -0.3 is 19.3 Å². The molecule has 2 heterocycles. The van der Waals surface area contributed by atoms with E-state index in [0.29, 0.717) is 43.6 Å². The van der Waals surface area contributed by atoms with Gasteiger partial charge in [0.1, 0.15) is 17.3 Å². The molecule has 31 heavy (non-hydrogen) atoms. The Morgan fingerprint density at radius 3 is 2.39 bits per heavy atom. The number of carbonyl (C=O) groups excluding carboxylic acids is 1. The molecule has 164 valence electrons. The van der Waals surface area contributed by atoms with Crippen LogP contribution in [-0.4, -0.2) is 60.3 Å². The van der Waals surface area contributed by atoms with E-state index in [1.54, 1.807) is 71.4 Å². The first-order valence-corrected chi connectivity index (χ1v) is 9.73. The molecular weight excluding hydrogens is 423 g/mol. The molecule has 0 saturated carbocycles. The Bertz CT molecular complexity index is 1000. The lowest BCUT2D eigenvalue weighted by Crippen LogP contribution is -2.50. The summed E-state index contributed by atoms with van der Waals surface area (Å²) in [4.78, 5) is 20.7. The fraction of sp³-hybridized carbons (Fsp3) is 0.273. The second-order valence-electron chi connectivity index (χ2n) is 6.88. The van der Waals surface area contributed by atoms with Crippen LogP contribution in [0.3, 0.4) is 0 Å². The van der Waals surface area contributed by atoms with E-state index in [2.05, 4.69) is 9.88 Å². The summed E-state index contributed by atoms with van der Waals surface area (Å²) in [7, 11) is 1.60. The van der Waals surface area contributed by atoms with Crippen molar-refractivity contribution in [1.29, 1.82) is 0 Å². The Kier molecular flexibility index (Phi) is 7.36. The van der Waals surface area contributed by atoms with E-state index < -0.39 is 0 Å². The van der Waals surface area contributed by atoms with Crippen LogP contribution in [0, 0.1) is 5.82 Å². The summed E-state index contributed by atoms with van der Waals surface area (Å²) in [5, 5.41) is 0. The maximum absolute atomic E-state index is 14.2. The molecule has 1 aliphatic rings. The van der Waals surface area contributed by atoms with E-state index in [1.807, 2.05) is 0 Å². The van der Waals surface area contributed by atoms with Gasteiger partial charge in [-0.3, -0.25) is 9.36 Å². The maximum Gasteiger partial charge on any atom is 0.260 e. The molecule has 4 rings (SSSR count). The van der Waals surface area contributed by atoms with Gasteiger partial charge in [-0.15, -0.1) is 12.4 Å². The molecule has 0 radical (unpaired) electrons. The minimum atomic E-state index is -0.304. The number of piperazine rings is 1. The molecule has 0 aliphatic carbocycles. The quantitative estimate of drug-likeness (QED) is 0.582. The summed E-state index contributed by atoms with van der Waals surface area (Å²) in [5.41, 5.74) is 0.455. The fourth-order valence-electron chi connectivity index (χ4n) is 3.43. The zero-order valence-corrected chi connectivity index (χ0v) is 17.9. The maximum atomic E-state index is 14.2. The predicted molar refractivity (Wildman–Crippen MR) is 118 cm³/mol. The van der Waals surface area contributed by atoms with Crippen molar-refractivity contribution in [3.8, 4) is 17.2 Å². The molecule has 1 aromatic heterocycles. The molecule has 1 amide bonds. The topological polar surface area (TPSA) is 59.8 Å². The third-order valence-corrected chi connectivity index (χ3v) is 5.07. The van der Waals surface area contributed by atoms with Gasteiger partial charge in [0.2, 0.25) is 5.95 Å². The van der Waals surface area contributed by atoms with Crippen LogP contribution in [0.4, 0.5) is 10.3 Å². The number of aromatic nitrogens is 2. The predicted octanol–water partition coefficient (Wildman–Crippen LogP) is 3.17. The number of imidazole rings is 1. The number of nitrogens with zero attached hydrogens (tertiary/aromatic N) is 4. The van der Waals surface area contributed by atoms with E-state index in [0.717, 1.165) is 5.75 Å². The highest BCUT2D eigenvalue weighted by Gasteiger charge is 2.24. The first kappa shape index (κ1) is 22.4. The molecule has 7 nitrogen and oxygen atoms in total. The van der Waals surface area contributed by atoms with Gasteiger partial charge in [-0.1, -0.05) is 12.1 Å². The summed E-state index contributed by atoms with van der Waals surface area (Å²) in [6.45, 7) is 2.31. The van der Waals surface area contributed by atoms with Gasteiger partial charge in [-0.2, -0.15) is 0 Å². The number of anilines is 1. The highest BCUT2D eigenvalue weighted by molar-refractivity contribution is 5.85. The van der Waals surface area contributed by atoms with E-state index in [9.17, 15) is 9.18 Å². The molecule has 3 aromatic rings. The van der Waals surface area contributed by atoms with E-state index >= 15 is 0 Å². The third-order valence-electron chi connectivity index (χ3n) is 5.07. The Morgan fingerprint density at radius 1 is 1.03 bits per heavy atom. The molecule has 0 unspecified atom stereocenters. The van der Waals surface area contributed by atoms with Gasteiger partial charge >= 0.3 is 0 Å². The number of hydrogen-bond acceptors (Lipinski definition) is 5. The van der Waals surface area contributed by atoms with Crippen molar-refractivity contribution >= 4 is 24.3 Å². The standard InChI is InChI=1S/C22H23FN4O3.ClH/c1-29-17-6-8-18(9-7-17)30-16-21(28)25-12-14-26(15-13-25)22-24-10-11-27(22)20-5-3-2-4-19(20)23;/h2-11H,12-16H2,1H3;1H. The SMILES string of the molecule is COc1ccc(OCC(=O)N2CCN(c3nccn3-c3ccccc3F)CC2)cc1.Cl. The summed E-state index contributed by atoms with van der Waals surface area (Å²) in [6.07, 6.45) is 3.40. The molecule has 0 bridgehead atoms. The van der Waals surface area contributed by atoms with Crippen LogP contribution in [0.1, 0.15) is 0 Å².